The SMILES string of the molecule is CSc1ccc2c(c1)c(C1=C(c3c[nH]c4ccccc34)C(=O)NC1=O)cn2CC(O)CN(C)C. The molecule has 5 rings (SSSR count). The Morgan fingerprint density at radius 2 is 1.76 bits per heavy atom. The number of H-pyrrole nitrogens is 1. The molecular weight excluding hydrogens is 448 g/mol. The lowest BCUT2D eigenvalue weighted by Crippen LogP contribution is -2.29. The van der Waals surface area contributed by atoms with Crippen LogP contribution in [0.3, 0.4) is 0 Å². The number of hydrogen-bond donors (Lipinski definition) is 3. The van der Waals surface area contributed by atoms with Gasteiger partial charge in [-0.05, 0) is 44.6 Å². The number of aliphatic hydroxyl groups is 1. The summed E-state index contributed by atoms with van der Waals surface area (Å²) in [5.41, 5.74) is 3.91. The highest BCUT2D eigenvalue weighted by molar-refractivity contribution is 7.98. The van der Waals surface area contributed by atoms with Gasteiger partial charge in [-0.25, -0.2) is 0 Å². The molecule has 2 aromatic heterocycles. The van der Waals surface area contributed by atoms with Gasteiger partial charge in [0, 0.05) is 63.3 Å². The molecule has 0 radical (unpaired) electrons. The van der Waals surface area contributed by atoms with E-state index in [0.717, 1.165) is 26.7 Å². The largest absolute Gasteiger partial charge is 0.390 e. The number of thioether (sulfide) groups is 1. The second kappa shape index (κ2) is 8.79. The summed E-state index contributed by atoms with van der Waals surface area (Å²) in [5, 5.41) is 14.9. The lowest BCUT2D eigenvalue weighted by Gasteiger charge is -2.17. The highest BCUT2D eigenvalue weighted by Crippen LogP contribution is 2.39. The fourth-order valence-electron chi connectivity index (χ4n) is 4.71. The normalized spacial score (nSPS) is 15.2. The maximum absolute atomic E-state index is 13.1. The van der Waals surface area contributed by atoms with E-state index < -0.39 is 17.9 Å². The fourth-order valence-corrected chi connectivity index (χ4v) is 5.15. The zero-order valence-electron chi connectivity index (χ0n) is 19.3. The lowest BCUT2D eigenvalue weighted by atomic mass is 9.95. The van der Waals surface area contributed by atoms with Gasteiger partial charge in [0.05, 0.1) is 17.3 Å². The van der Waals surface area contributed by atoms with Crippen LogP contribution < -0.4 is 5.32 Å². The zero-order valence-corrected chi connectivity index (χ0v) is 20.1. The van der Waals surface area contributed by atoms with Crippen LogP contribution in [0, 0.1) is 0 Å². The third-order valence-electron chi connectivity index (χ3n) is 6.13. The number of amides is 2. The molecule has 174 valence electrons. The van der Waals surface area contributed by atoms with E-state index in [1.807, 2.05) is 78.5 Å². The van der Waals surface area contributed by atoms with Crippen molar-refractivity contribution in [2.45, 2.75) is 17.5 Å². The number of likely N-dealkylation sites (N-methyl/N-ethyl adjacent to an activating group) is 1. The summed E-state index contributed by atoms with van der Waals surface area (Å²) >= 11 is 1.61. The molecule has 8 heteroatoms. The molecule has 1 aliphatic heterocycles. The molecule has 2 aromatic carbocycles. The number of nitrogens with one attached hydrogen (secondary N) is 2. The Bertz CT molecular complexity index is 1460. The maximum atomic E-state index is 13.1. The van der Waals surface area contributed by atoms with Gasteiger partial charge < -0.3 is 19.6 Å². The van der Waals surface area contributed by atoms with Gasteiger partial charge >= 0.3 is 0 Å². The standard InChI is InChI=1S/C26H26N4O3S/c1-29(2)12-15(31)13-30-14-20(18-10-16(34-3)8-9-22(18)30)24-23(25(32)28-26(24)33)19-11-27-21-7-5-4-6-17(19)21/h4-11,14-15,27,31H,12-13H2,1-3H3,(H,28,32,33). The van der Waals surface area contributed by atoms with Gasteiger partial charge in [-0.1, -0.05) is 18.2 Å². The minimum atomic E-state index is -0.584. The summed E-state index contributed by atoms with van der Waals surface area (Å²) in [6.07, 6.45) is 5.09. The second-order valence-electron chi connectivity index (χ2n) is 8.78. The highest BCUT2D eigenvalue weighted by atomic mass is 32.2. The van der Waals surface area contributed by atoms with Gasteiger partial charge in [0.25, 0.3) is 11.8 Å². The van der Waals surface area contributed by atoms with Crippen molar-refractivity contribution >= 4 is 56.5 Å². The van der Waals surface area contributed by atoms with Crippen molar-refractivity contribution in [2.75, 3.05) is 26.9 Å². The zero-order chi connectivity index (χ0) is 24.0. The van der Waals surface area contributed by atoms with Crippen LogP contribution in [0.4, 0.5) is 0 Å². The maximum Gasteiger partial charge on any atom is 0.259 e. The quantitative estimate of drug-likeness (QED) is 0.282. The number of aromatic nitrogens is 2. The molecule has 1 unspecified atom stereocenters. The number of nitrogens with zero attached hydrogens (tertiary/aromatic N) is 2. The Morgan fingerprint density at radius 3 is 2.50 bits per heavy atom. The minimum absolute atomic E-state index is 0.360. The van der Waals surface area contributed by atoms with Crippen molar-refractivity contribution in [3.8, 4) is 0 Å². The predicted molar refractivity (Wildman–Crippen MR) is 137 cm³/mol. The summed E-state index contributed by atoms with van der Waals surface area (Å²) in [5.74, 6) is -0.813. The van der Waals surface area contributed by atoms with Crippen LogP contribution in [-0.4, -0.2) is 64.4 Å². The third kappa shape index (κ3) is 3.83. The number of benzene rings is 2. The Morgan fingerprint density at radius 1 is 1.03 bits per heavy atom. The van der Waals surface area contributed by atoms with E-state index in [1.165, 1.54) is 0 Å². The van der Waals surface area contributed by atoms with E-state index >= 15 is 0 Å². The van der Waals surface area contributed by atoms with Crippen molar-refractivity contribution in [3.05, 3.63) is 66.0 Å². The number of hydrogen-bond acceptors (Lipinski definition) is 5. The molecule has 0 fully saturated rings. The monoisotopic (exact) mass is 474 g/mol. The Hall–Kier alpha value is -3.33. The highest BCUT2D eigenvalue weighted by Gasteiger charge is 2.35. The van der Waals surface area contributed by atoms with Crippen LogP contribution in [0.5, 0.6) is 0 Å². The first-order valence-corrected chi connectivity index (χ1v) is 12.3. The molecule has 3 heterocycles. The molecule has 2 amide bonds. The smallest absolute Gasteiger partial charge is 0.259 e. The van der Waals surface area contributed by atoms with Gasteiger partial charge in [-0.15, -0.1) is 11.8 Å². The van der Waals surface area contributed by atoms with Gasteiger partial charge in [0.15, 0.2) is 0 Å². The molecule has 4 aromatic rings. The summed E-state index contributed by atoms with van der Waals surface area (Å²) in [4.78, 5) is 32.3. The average Bonchev–Trinajstić information content (AvgIpc) is 3.45. The van der Waals surface area contributed by atoms with Crippen LogP contribution in [0.1, 0.15) is 11.1 Å². The van der Waals surface area contributed by atoms with Gasteiger partial charge in [0.2, 0.25) is 0 Å². The molecule has 0 spiro atoms. The summed E-state index contributed by atoms with van der Waals surface area (Å²) in [6, 6.07) is 13.8. The number of imide groups is 1. The lowest BCUT2D eigenvalue weighted by molar-refractivity contribution is -0.122. The number of aromatic amines is 1. The van der Waals surface area contributed by atoms with Gasteiger partial charge in [-0.3, -0.25) is 14.9 Å². The number of aliphatic hydroxyl groups excluding tert-OH is 1. The molecule has 0 bridgehead atoms. The van der Waals surface area contributed by atoms with Crippen molar-refractivity contribution in [3.63, 3.8) is 0 Å². The van der Waals surface area contributed by atoms with Crippen molar-refractivity contribution in [1.29, 1.82) is 0 Å². The average molecular weight is 475 g/mol. The van der Waals surface area contributed by atoms with E-state index in [9.17, 15) is 14.7 Å². The number of para-hydroxylation sites is 1. The molecule has 7 nitrogen and oxygen atoms in total. The van der Waals surface area contributed by atoms with Crippen molar-refractivity contribution in [1.82, 2.24) is 19.8 Å². The van der Waals surface area contributed by atoms with Gasteiger partial charge in [-0.2, -0.15) is 0 Å². The van der Waals surface area contributed by atoms with Crippen LogP contribution in [0.25, 0.3) is 33.0 Å². The topological polar surface area (TPSA) is 90.4 Å². The fraction of sp³-hybridized carbons (Fsp3) is 0.231. The third-order valence-corrected chi connectivity index (χ3v) is 6.86. The molecule has 34 heavy (non-hydrogen) atoms. The molecule has 0 saturated heterocycles. The number of carbonyl (C=O) groups is 2. The number of rotatable bonds is 7. The second-order valence-corrected chi connectivity index (χ2v) is 9.66. The Balaban J connectivity index is 1.74. The summed E-state index contributed by atoms with van der Waals surface area (Å²) < 4.78 is 1.97. The van der Waals surface area contributed by atoms with E-state index in [1.54, 1.807) is 18.0 Å². The van der Waals surface area contributed by atoms with Crippen LogP contribution in [0.2, 0.25) is 0 Å². The van der Waals surface area contributed by atoms with Crippen molar-refractivity contribution < 1.29 is 14.7 Å². The first-order chi connectivity index (χ1) is 16.4. The number of carbonyl (C=O) groups excluding carboxylic acids is 2. The molecular formula is C26H26N4O3S. The molecule has 0 aliphatic carbocycles. The van der Waals surface area contributed by atoms with Crippen LogP contribution in [-0.2, 0) is 16.1 Å². The van der Waals surface area contributed by atoms with Crippen LogP contribution >= 0.6 is 11.8 Å². The molecule has 1 aliphatic rings. The Kier molecular flexibility index (Phi) is 5.81. The number of fused-ring (bicyclic) bond motifs is 2. The van der Waals surface area contributed by atoms with Crippen LogP contribution in [0.15, 0.2) is 59.8 Å². The van der Waals surface area contributed by atoms with Crippen molar-refractivity contribution in [2.24, 2.45) is 0 Å². The minimum Gasteiger partial charge on any atom is -0.390 e. The van der Waals surface area contributed by atoms with E-state index in [2.05, 4.69) is 10.3 Å². The van der Waals surface area contributed by atoms with E-state index in [-0.39, 0.29) is 0 Å². The summed E-state index contributed by atoms with van der Waals surface area (Å²) in [6.45, 7) is 0.888. The van der Waals surface area contributed by atoms with E-state index in [0.29, 0.717) is 35.4 Å². The molecule has 3 N–H and O–H groups in total. The first-order valence-electron chi connectivity index (χ1n) is 11.0. The summed E-state index contributed by atoms with van der Waals surface area (Å²) in [7, 11) is 3.83. The molecule has 0 saturated carbocycles. The van der Waals surface area contributed by atoms with Gasteiger partial charge in [0.1, 0.15) is 0 Å². The Labute approximate surface area is 201 Å². The van der Waals surface area contributed by atoms with E-state index in [4.69, 9.17) is 0 Å². The predicted octanol–water partition coefficient (Wildman–Crippen LogP) is 3.33. The first kappa shape index (κ1) is 22.5. The molecule has 1 atom stereocenters.